The third-order valence-corrected chi connectivity index (χ3v) is 3.26. The minimum Gasteiger partial charge on any atom is -0.337 e. The molecule has 2 rings (SSSR count). The van der Waals surface area contributed by atoms with E-state index in [1.54, 1.807) is 0 Å². The maximum Gasteiger partial charge on any atom is 0.182 e. The molecule has 0 atom stereocenters. The third kappa shape index (κ3) is 1.83. The number of aryl methyl sites for hydroxylation is 3. The van der Waals surface area contributed by atoms with Gasteiger partial charge in [0.15, 0.2) is 4.77 Å². The van der Waals surface area contributed by atoms with Gasteiger partial charge in [-0.25, -0.2) is 0 Å². The van der Waals surface area contributed by atoms with Crippen LogP contribution in [0.4, 0.5) is 0 Å². The lowest BCUT2D eigenvalue weighted by Gasteiger charge is -2.09. The van der Waals surface area contributed by atoms with Gasteiger partial charge in [-0.3, -0.25) is 4.57 Å². The largest absolute Gasteiger partial charge is 0.337 e. The Morgan fingerprint density at radius 1 is 1.25 bits per heavy atom. The first-order valence-electron chi connectivity index (χ1n) is 5.50. The van der Waals surface area contributed by atoms with Gasteiger partial charge < -0.3 is 4.98 Å². The standard InChI is InChI=1S/C13H16N2S/c1-4-11-8-14-13(16)15(11)12-6-5-9(2)10(3)7-12/h5-8H,4H2,1-3H3,(H,14,16). The Balaban J connectivity index is 2.62. The fourth-order valence-electron chi connectivity index (χ4n) is 1.81. The van der Waals surface area contributed by atoms with Crippen molar-refractivity contribution in [1.82, 2.24) is 9.55 Å². The van der Waals surface area contributed by atoms with E-state index in [1.807, 2.05) is 6.20 Å². The highest BCUT2D eigenvalue weighted by Crippen LogP contribution is 2.17. The van der Waals surface area contributed by atoms with Crippen LogP contribution in [-0.2, 0) is 6.42 Å². The molecule has 0 saturated carbocycles. The van der Waals surface area contributed by atoms with Crippen molar-refractivity contribution in [3.8, 4) is 5.69 Å². The molecule has 1 N–H and O–H groups in total. The molecule has 0 fully saturated rings. The fraction of sp³-hybridized carbons (Fsp3) is 0.308. The van der Waals surface area contributed by atoms with Crippen LogP contribution in [0.3, 0.4) is 0 Å². The molecule has 0 unspecified atom stereocenters. The second-order valence-electron chi connectivity index (χ2n) is 4.04. The third-order valence-electron chi connectivity index (χ3n) is 2.96. The molecule has 0 bridgehead atoms. The number of nitrogens with zero attached hydrogens (tertiary/aromatic N) is 1. The Morgan fingerprint density at radius 3 is 2.62 bits per heavy atom. The summed E-state index contributed by atoms with van der Waals surface area (Å²) in [6.07, 6.45) is 2.96. The molecule has 0 aliphatic rings. The fourth-order valence-corrected chi connectivity index (χ4v) is 2.09. The number of nitrogens with one attached hydrogen (secondary N) is 1. The Bertz CT molecular complexity index is 564. The van der Waals surface area contributed by atoms with Gasteiger partial charge in [0.25, 0.3) is 0 Å². The lowest BCUT2D eigenvalue weighted by molar-refractivity contribution is 0.920. The van der Waals surface area contributed by atoms with Crippen molar-refractivity contribution in [2.75, 3.05) is 0 Å². The SMILES string of the molecule is CCc1c[nH]c(=S)n1-c1ccc(C)c(C)c1. The summed E-state index contributed by atoms with van der Waals surface area (Å²) in [5, 5.41) is 0. The average Bonchev–Trinajstić information content (AvgIpc) is 2.64. The summed E-state index contributed by atoms with van der Waals surface area (Å²) in [6, 6.07) is 6.43. The zero-order valence-electron chi connectivity index (χ0n) is 9.87. The molecular formula is C13H16N2S. The summed E-state index contributed by atoms with van der Waals surface area (Å²) in [5.41, 5.74) is 4.96. The van der Waals surface area contributed by atoms with Gasteiger partial charge in [0.05, 0.1) is 0 Å². The molecule has 0 spiro atoms. The van der Waals surface area contributed by atoms with Crippen LogP contribution >= 0.6 is 12.2 Å². The first kappa shape index (κ1) is 11.1. The minimum absolute atomic E-state index is 0.764. The van der Waals surface area contributed by atoms with Gasteiger partial charge in [-0.15, -0.1) is 0 Å². The van der Waals surface area contributed by atoms with Crippen molar-refractivity contribution in [2.24, 2.45) is 0 Å². The van der Waals surface area contributed by atoms with E-state index in [-0.39, 0.29) is 0 Å². The number of H-pyrrole nitrogens is 1. The van der Waals surface area contributed by atoms with E-state index < -0.39 is 0 Å². The van der Waals surface area contributed by atoms with Crippen molar-refractivity contribution < 1.29 is 0 Å². The van der Waals surface area contributed by atoms with Crippen LogP contribution in [0.25, 0.3) is 5.69 Å². The summed E-state index contributed by atoms with van der Waals surface area (Å²) in [4.78, 5) is 3.10. The molecule has 1 aromatic heterocycles. The molecule has 0 radical (unpaired) electrons. The van der Waals surface area contributed by atoms with Gasteiger partial charge in [0.2, 0.25) is 0 Å². The number of aromatic nitrogens is 2. The van der Waals surface area contributed by atoms with E-state index in [1.165, 1.54) is 16.8 Å². The highest BCUT2D eigenvalue weighted by atomic mass is 32.1. The Morgan fingerprint density at radius 2 is 2.00 bits per heavy atom. The quantitative estimate of drug-likeness (QED) is 0.783. The zero-order chi connectivity index (χ0) is 11.7. The topological polar surface area (TPSA) is 20.7 Å². The van der Waals surface area contributed by atoms with Crippen LogP contribution in [0.5, 0.6) is 0 Å². The predicted molar refractivity (Wildman–Crippen MR) is 69.8 cm³/mol. The van der Waals surface area contributed by atoms with Crippen molar-refractivity contribution in [3.05, 3.63) is 46.0 Å². The van der Waals surface area contributed by atoms with Crippen LogP contribution in [0, 0.1) is 18.6 Å². The smallest absolute Gasteiger partial charge is 0.182 e. The number of hydrogen-bond donors (Lipinski definition) is 1. The van der Waals surface area contributed by atoms with Crippen molar-refractivity contribution in [2.45, 2.75) is 27.2 Å². The maximum atomic E-state index is 5.30. The van der Waals surface area contributed by atoms with Gasteiger partial charge in [0, 0.05) is 17.6 Å². The summed E-state index contributed by atoms with van der Waals surface area (Å²) in [5.74, 6) is 0. The number of hydrogen-bond acceptors (Lipinski definition) is 1. The van der Waals surface area contributed by atoms with Gasteiger partial charge in [-0.2, -0.15) is 0 Å². The molecule has 0 aliphatic carbocycles. The van der Waals surface area contributed by atoms with Crippen LogP contribution in [-0.4, -0.2) is 9.55 Å². The van der Waals surface area contributed by atoms with Gasteiger partial charge in [0.1, 0.15) is 0 Å². The molecule has 3 heteroatoms. The first-order valence-corrected chi connectivity index (χ1v) is 5.91. The van der Waals surface area contributed by atoms with Crippen molar-refractivity contribution in [1.29, 1.82) is 0 Å². The second kappa shape index (κ2) is 4.26. The molecule has 84 valence electrons. The zero-order valence-corrected chi connectivity index (χ0v) is 10.7. The maximum absolute atomic E-state index is 5.30. The van der Waals surface area contributed by atoms with E-state index in [4.69, 9.17) is 12.2 Å². The van der Waals surface area contributed by atoms with Crippen LogP contribution < -0.4 is 0 Å². The highest BCUT2D eigenvalue weighted by Gasteiger charge is 2.05. The lowest BCUT2D eigenvalue weighted by Crippen LogP contribution is -1.99. The number of imidazole rings is 1. The number of aromatic amines is 1. The summed E-state index contributed by atoms with van der Waals surface area (Å²) in [6.45, 7) is 6.38. The van der Waals surface area contributed by atoms with Crippen LogP contribution in [0.15, 0.2) is 24.4 Å². The first-order chi connectivity index (χ1) is 7.63. The van der Waals surface area contributed by atoms with Crippen molar-refractivity contribution in [3.63, 3.8) is 0 Å². The Hall–Kier alpha value is -1.35. The molecule has 0 saturated heterocycles. The molecule has 1 heterocycles. The molecule has 0 aliphatic heterocycles. The molecule has 2 nitrogen and oxygen atoms in total. The number of benzene rings is 1. The monoisotopic (exact) mass is 232 g/mol. The molecule has 1 aromatic carbocycles. The molecule has 0 amide bonds. The van der Waals surface area contributed by atoms with E-state index in [0.717, 1.165) is 16.9 Å². The summed E-state index contributed by atoms with van der Waals surface area (Å²) in [7, 11) is 0. The van der Waals surface area contributed by atoms with E-state index in [0.29, 0.717) is 0 Å². The predicted octanol–water partition coefficient (Wildman–Crippen LogP) is 3.71. The molecular weight excluding hydrogens is 216 g/mol. The lowest BCUT2D eigenvalue weighted by atomic mass is 10.1. The summed E-state index contributed by atoms with van der Waals surface area (Å²) >= 11 is 5.30. The molecule has 2 aromatic rings. The van der Waals surface area contributed by atoms with Crippen LogP contribution in [0.1, 0.15) is 23.7 Å². The van der Waals surface area contributed by atoms with Gasteiger partial charge >= 0.3 is 0 Å². The molecule has 16 heavy (non-hydrogen) atoms. The Labute approximate surface area is 101 Å². The normalized spacial score (nSPS) is 10.7. The van der Waals surface area contributed by atoms with Gasteiger partial charge in [-0.05, 0) is 55.7 Å². The second-order valence-corrected chi connectivity index (χ2v) is 4.43. The van der Waals surface area contributed by atoms with Crippen molar-refractivity contribution >= 4 is 12.2 Å². The van der Waals surface area contributed by atoms with E-state index >= 15 is 0 Å². The minimum atomic E-state index is 0.764. The highest BCUT2D eigenvalue weighted by molar-refractivity contribution is 7.71. The van der Waals surface area contributed by atoms with E-state index in [9.17, 15) is 0 Å². The van der Waals surface area contributed by atoms with Gasteiger partial charge in [-0.1, -0.05) is 13.0 Å². The van der Waals surface area contributed by atoms with Crippen LogP contribution in [0.2, 0.25) is 0 Å². The van der Waals surface area contributed by atoms with E-state index in [2.05, 4.69) is 48.5 Å². The average molecular weight is 232 g/mol. The Kier molecular flexibility index (Phi) is 2.97. The summed E-state index contributed by atoms with van der Waals surface area (Å²) < 4.78 is 2.86. The number of rotatable bonds is 2.